The summed E-state index contributed by atoms with van der Waals surface area (Å²) in [5.41, 5.74) is 0.0604. The summed E-state index contributed by atoms with van der Waals surface area (Å²) >= 11 is 0. The van der Waals surface area contributed by atoms with Crippen molar-refractivity contribution >= 4 is 5.97 Å². The van der Waals surface area contributed by atoms with Gasteiger partial charge in [-0.05, 0) is 51.0 Å². The molecule has 0 bridgehead atoms. The monoisotopic (exact) mass is 295 g/mol. The summed E-state index contributed by atoms with van der Waals surface area (Å²) in [5, 5.41) is 9.64. The number of hydrogen-bond acceptors (Lipinski definition) is 3. The SMILES string of the molecule is CC1CCCN(C2CCOC3(CCCCC3)C2)C1C(=O)O. The van der Waals surface area contributed by atoms with Gasteiger partial charge in [-0.25, -0.2) is 0 Å². The van der Waals surface area contributed by atoms with E-state index in [0.717, 1.165) is 38.8 Å². The summed E-state index contributed by atoms with van der Waals surface area (Å²) in [6.07, 6.45) is 10.4. The molecule has 0 aromatic carbocycles. The number of carboxylic acids is 1. The number of aliphatic carboxylic acids is 1. The van der Waals surface area contributed by atoms with E-state index >= 15 is 0 Å². The van der Waals surface area contributed by atoms with E-state index in [2.05, 4.69) is 11.8 Å². The van der Waals surface area contributed by atoms with Crippen LogP contribution in [0.5, 0.6) is 0 Å². The lowest BCUT2D eigenvalue weighted by Gasteiger charge is -2.49. The number of likely N-dealkylation sites (tertiary alicyclic amines) is 1. The van der Waals surface area contributed by atoms with Crippen molar-refractivity contribution in [3.8, 4) is 0 Å². The van der Waals surface area contributed by atoms with Gasteiger partial charge in [0.25, 0.3) is 0 Å². The molecule has 0 aromatic heterocycles. The molecule has 4 heteroatoms. The van der Waals surface area contributed by atoms with Crippen LogP contribution in [0, 0.1) is 5.92 Å². The van der Waals surface area contributed by atoms with Crippen LogP contribution in [0.3, 0.4) is 0 Å². The highest BCUT2D eigenvalue weighted by Crippen LogP contribution is 2.41. The Bertz CT molecular complexity index is 373. The standard InChI is InChI=1S/C17H29NO3/c1-13-6-5-10-18(15(13)16(19)20)14-7-11-21-17(12-14)8-3-2-4-9-17/h13-15H,2-12H2,1H3,(H,19,20). The van der Waals surface area contributed by atoms with Crippen LogP contribution in [-0.4, -0.2) is 46.8 Å². The van der Waals surface area contributed by atoms with Gasteiger partial charge in [0.2, 0.25) is 0 Å². The van der Waals surface area contributed by atoms with Crippen LogP contribution in [-0.2, 0) is 9.53 Å². The van der Waals surface area contributed by atoms with E-state index in [0.29, 0.717) is 6.04 Å². The fraction of sp³-hybridized carbons (Fsp3) is 0.941. The normalized spacial score (nSPS) is 37.5. The zero-order valence-electron chi connectivity index (χ0n) is 13.2. The van der Waals surface area contributed by atoms with Gasteiger partial charge < -0.3 is 9.84 Å². The van der Waals surface area contributed by atoms with Crippen molar-refractivity contribution in [1.29, 1.82) is 0 Å². The lowest BCUT2D eigenvalue weighted by molar-refractivity contribution is -0.158. The number of hydrogen-bond donors (Lipinski definition) is 1. The van der Waals surface area contributed by atoms with Crippen LogP contribution in [0.2, 0.25) is 0 Å². The lowest BCUT2D eigenvalue weighted by atomic mass is 9.77. The Morgan fingerprint density at radius 1 is 1.19 bits per heavy atom. The van der Waals surface area contributed by atoms with Crippen LogP contribution in [0.4, 0.5) is 0 Å². The molecule has 2 aliphatic heterocycles. The molecule has 3 aliphatic rings. The van der Waals surface area contributed by atoms with E-state index in [4.69, 9.17) is 4.74 Å². The second-order valence-corrected chi connectivity index (χ2v) is 7.38. The summed E-state index contributed by atoms with van der Waals surface area (Å²) in [6.45, 7) is 3.85. The third-order valence-corrected chi connectivity index (χ3v) is 5.93. The molecule has 4 nitrogen and oxygen atoms in total. The lowest BCUT2D eigenvalue weighted by Crippen LogP contribution is -2.57. The number of carbonyl (C=O) groups is 1. The maximum absolute atomic E-state index is 11.7. The van der Waals surface area contributed by atoms with E-state index in [9.17, 15) is 9.90 Å². The fourth-order valence-corrected chi connectivity index (χ4v) is 4.84. The van der Waals surface area contributed by atoms with Crippen molar-refractivity contribution in [2.75, 3.05) is 13.2 Å². The van der Waals surface area contributed by atoms with Gasteiger partial charge in [-0.1, -0.05) is 26.2 Å². The molecule has 3 rings (SSSR count). The molecule has 3 fully saturated rings. The van der Waals surface area contributed by atoms with Gasteiger partial charge in [0, 0.05) is 12.6 Å². The molecule has 1 aliphatic carbocycles. The van der Waals surface area contributed by atoms with Crippen molar-refractivity contribution in [3.05, 3.63) is 0 Å². The summed E-state index contributed by atoms with van der Waals surface area (Å²) in [5.74, 6) is -0.368. The minimum absolute atomic E-state index is 0.0604. The van der Waals surface area contributed by atoms with Gasteiger partial charge in [-0.15, -0.1) is 0 Å². The Kier molecular flexibility index (Phi) is 4.55. The molecule has 2 heterocycles. The van der Waals surface area contributed by atoms with E-state index < -0.39 is 5.97 Å². The molecule has 3 atom stereocenters. The molecular formula is C17H29NO3. The van der Waals surface area contributed by atoms with Gasteiger partial charge in [-0.3, -0.25) is 9.69 Å². The Hall–Kier alpha value is -0.610. The van der Waals surface area contributed by atoms with Crippen LogP contribution >= 0.6 is 0 Å². The molecule has 0 amide bonds. The van der Waals surface area contributed by atoms with Crippen molar-refractivity contribution in [1.82, 2.24) is 4.90 Å². The molecule has 3 unspecified atom stereocenters. The zero-order chi connectivity index (χ0) is 14.9. The smallest absolute Gasteiger partial charge is 0.321 e. The number of ether oxygens (including phenoxy) is 1. The Morgan fingerprint density at radius 3 is 2.67 bits per heavy atom. The highest BCUT2D eigenvalue weighted by Gasteiger charge is 2.44. The first kappa shape index (κ1) is 15.3. The van der Waals surface area contributed by atoms with Crippen molar-refractivity contribution in [2.24, 2.45) is 5.92 Å². The van der Waals surface area contributed by atoms with Crippen molar-refractivity contribution in [3.63, 3.8) is 0 Å². The van der Waals surface area contributed by atoms with Crippen LogP contribution in [0.25, 0.3) is 0 Å². The quantitative estimate of drug-likeness (QED) is 0.850. The van der Waals surface area contributed by atoms with E-state index in [1.807, 2.05) is 0 Å². The Labute approximate surface area is 127 Å². The zero-order valence-corrected chi connectivity index (χ0v) is 13.2. The summed E-state index contributed by atoms with van der Waals surface area (Å²) in [6, 6.07) is 0.114. The third kappa shape index (κ3) is 3.11. The molecule has 2 saturated heterocycles. The summed E-state index contributed by atoms with van der Waals surface area (Å²) < 4.78 is 6.18. The predicted octanol–water partition coefficient (Wildman–Crippen LogP) is 3.05. The topological polar surface area (TPSA) is 49.8 Å². The van der Waals surface area contributed by atoms with E-state index in [-0.39, 0.29) is 17.6 Å². The molecular weight excluding hydrogens is 266 g/mol. The van der Waals surface area contributed by atoms with Gasteiger partial charge >= 0.3 is 5.97 Å². The van der Waals surface area contributed by atoms with Gasteiger partial charge in [0.1, 0.15) is 6.04 Å². The van der Waals surface area contributed by atoms with Crippen molar-refractivity contribution < 1.29 is 14.6 Å². The Morgan fingerprint density at radius 2 is 1.95 bits per heavy atom. The third-order valence-electron chi connectivity index (χ3n) is 5.93. The van der Waals surface area contributed by atoms with E-state index in [1.165, 1.54) is 32.1 Å². The minimum atomic E-state index is -0.633. The maximum atomic E-state index is 11.7. The summed E-state index contributed by atoms with van der Waals surface area (Å²) in [7, 11) is 0. The highest BCUT2D eigenvalue weighted by atomic mass is 16.5. The molecule has 1 N–H and O–H groups in total. The number of rotatable bonds is 2. The first-order valence-electron chi connectivity index (χ1n) is 8.74. The van der Waals surface area contributed by atoms with Crippen molar-refractivity contribution in [2.45, 2.75) is 82.4 Å². The number of piperidine rings is 1. The first-order valence-corrected chi connectivity index (χ1v) is 8.74. The number of carboxylic acid groups (broad SMARTS) is 1. The molecule has 120 valence electrons. The van der Waals surface area contributed by atoms with E-state index in [1.54, 1.807) is 0 Å². The molecule has 21 heavy (non-hydrogen) atoms. The van der Waals surface area contributed by atoms with Crippen LogP contribution in [0.1, 0.15) is 64.7 Å². The summed E-state index contributed by atoms with van der Waals surface area (Å²) in [4.78, 5) is 14.0. The molecule has 1 spiro atoms. The average Bonchev–Trinajstić information content (AvgIpc) is 2.47. The highest BCUT2D eigenvalue weighted by molar-refractivity contribution is 5.74. The van der Waals surface area contributed by atoms with Gasteiger partial charge in [-0.2, -0.15) is 0 Å². The molecule has 1 saturated carbocycles. The second kappa shape index (κ2) is 6.25. The maximum Gasteiger partial charge on any atom is 0.321 e. The molecule has 0 radical (unpaired) electrons. The van der Waals surface area contributed by atoms with Crippen LogP contribution < -0.4 is 0 Å². The first-order chi connectivity index (χ1) is 10.1. The Balaban J connectivity index is 1.73. The molecule has 0 aromatic rings. The average molecular weight is 295 g/mol. The van der Waals surface area contributed by atoms with Gasteiger partial charge in [0.15, 0.2) is 0 Å². The van der Waals surface area contributed by atoms with Crippen LogP contribution in [0.15, 0.2) is 0 Å². The second-order valence-electron chi connectivity index (χ2n) is 7.38. The number of nitrogens with zero attached hydrogens (tertiary/aromatic N) is 1. The predicted molar refractivity (Wildman–Crippen MR) is 81.3 cm³/mol. The van der Waals surface area contributed by atoms with Gasteiger partial charge in [0.05, 0.1) is 5.60 Å². The fourth-order valence-electron chi connectivity index (χ4n) is 4.84. The largest absolute Gasteiger partial charge is 0.480 e. The minimum Gasteiger partial charge on any atom is -0.480 e.